The molecule has 7 heteroatoms. The van der Waals surface area contributed by atoms with Gasteiger partial charge in [0, 0.05) is 44.0 Å². The van der Waals surface area contributed by atoms with Crippen LogP contribution in [0.5, 0.6) is 5.75 Å². The van der Waals surface area contributed by atoms with Crippen molar-refractivity contribution in [1.29, 1.82) is 0 Å². The zero-order valence-electron chi connectivity index (χ0n) is 16.5. The minimum atomic E-state index is -0.276. The van der Waals surface area contributed by atoms with E-state index in [1.165, 1.54) is 6.07 Å². The third-order valence-corrected chi connectivity index (χ3v) is 5.38. The maximum absolute atomic E-state index is 14.4. The molecular weight excluding hydrogens is 357 g/mol. The van der Waals surface area contributed by atoms with Crippen molar-refractivity contribution in [2.24, 2.45) is 0 Å². The monoisotopic (exact) mass is 383 g/mol. The van der Waals surface area contributed by atoms with Gasteiger partial charge in [0.25, 0.3) is 0 Å². The first-order chi connectivity index (χ1) is 13.6. The Morgan fingerprint density at radius 1 is 1.29 bits per heavy atom. The van der Waals surface area contributed by atoms with E-state index in [9.17, 15) is 4.39 Å². The molecule has 0 aliphatic carbocycles. The molecule has 1 saturated heterocycles. The average molecular weight is 383 g/mol. The first-order valence-electron chi connectivity index (χ1n) is 9.67. The molecule has 2 aliphatic rings. The first-order valence-corrected chi connectivity index (χ1v) is 9.67. The van der Waals surface area contributed by atoms with Gasteiger partial charge < -0.3 is 20.3 Å². The van der Waals surface area contributed by atoms with Crippen molar-refractivity contribution >= 4 is 11.5 Å². The molecule has 0 saturated carbocycles. The van der Waals surface area contributed by atoms with Crippen LogP contribution in [0.1, 0.15) is 36.3 Å². The van der Waals surface area contributed by atoms with Gasteiger partial charge in [-0.2, -0.15) is 0 Å². The Bertz CT molecular complexity index is 900. The van der Waals surface area contributed by atoms with Gasteiger partial charge in [0.05, 0.1) is 24.4 Å². The lowest BCUT2D eigenvalue weighted by Gasteiger charge is -2.34. The van der Waals surface area contributed by atoms with Gasteiger partial charge in [0.1, 0.15) is 11.6 Å². The maximum Gasteiger partial charge on any atom is 0.226 e. The fourth-order valence-electron chi connectivity index (χ4n) is 3.91. The van der Waals surface area contributed by atoms with Gasteiger partial charge in [-0.1, -0.05) is 6.07 Å². The van der Waals surface area contributed by atoms with Gasteiger partial charge in [0.2, 0.25) is 5.95 Å². The zero-order chi connectivity index (χ0) is 19.7. The molecule has 6 nitrogen and oxygen atoms in total. The fraction of sp³-hybridized carbons (Fsp3) is 0.429. The fourth-order valence-corrected chi connectivity index (χ4v) is 3.91. The van der Waals surface area contributed by atoms with Crippen LogP contribution >= 0.6 is 0 Å². The predicted octanol–water partition coefficient (Wildman–Crippen LogP) is 2.81. The van der Waals surface area contributed by atoms with Crippen LogP contribution in [0.3, 0.4) is 0 Å². The van der Waals surface area contributed by atoms with E-state index >= 15 is 0 Å². The van der Waals surface area contributed by atoms with Crippen LogP contribution in [-0.4, -0.2) is 42.8 Å². The van der Waals surface area contributed by atoms with Gasteiger partial charge in [-0.15, -0.1) is 0 Å². The lowest BCUT2D eigenvalue weighted by Crippen LogP contribution is -2.50. The molecule has 2 atom stereocenters. The number of hydrogen-bond donors (Lipinski definition) is 2. The second kappa shape index (κ2) is 7.75. The van der Waals surface area contributed by atoms with E-state index in [0.29, 0.717) is 23.8 Å². The summed E-state index contributed by atoms with van der Waals surface area (Å²) >= 11 is 0. The lowest BCUT2D eigenvalue weighted by molar-refractivity contribution is 0.409. The Kier molecular flexibility index (Phi) is 5.17. The second-order valence-electron chi connectivity index (χ2n) is 7.39. The molecule has 2 N–H and O–H groups in total. The number of hydrogen-bond acceptors (Lipinski definition) is 6. The Labute approximate surface area is 164 Å². The molecule has 2 aliphatic heterocycles. The molecule has 1 aromatic heterocycles. The molecule has 1 fully saturated rings. The Hall–Kier alpha value is -2.67. The van der Waals surface area contributed by atoms with Crippen LogP contribution in [0.25, 0.3) is 5.57 Å². The van der Waals surface area contributed by atoms with E-state index in [-0.39, 0.29) is 11.9 Å². The number of nitrogens with one attached hydrogen (secondary N) is 2. The van der Waals surface area contributed by atoms with E-state index in [2.05, 4.69) is 27.4 Å². The van der Waals surface area contributed by atoms with Crippen molar-refractivity contribution in [3.63, 3.8) is 0 Å². The van der Waals surface area contributed by atoms with Gasteiger partial charge >= 0.3 is 0 Å². The molecule has 3 heterocycles. The highest BCUT2D eigenvalue weighted by Crippen LogP contribution is 2.37. The van der Waals surface area contributed by atoms with Gasteiger partial charge in [-0.25, -0.2) is 14.4 Å². The molecule has 1 aromatic carbocycles. The Morgan fingerprint density at radius 2 is 2.14 bits per heavy atom. The average Bonchev–Trinajstić information content (AvgIpc) is 3.17. The van der Waals surface area contributed by atoms with Crippen molar-refractivity contribution in [1.82, 2.24) is 20.6 Å². The summed E-state index contributed by atoms with van der Waals surface area (Å²) in [6, 6.07) is 7.24. The zero-order valence-corrected chi connectivity index (χ0v) is 16.5. The minimum Gasteiger partial charge on any atom is -0.496 e. The maximum atomic E-state index is 14.4. The second-order valence-corrected chi connectivity index (χ2v) is 7.39. The molecule has 4 rings (SSSR count). The third-order valence-electron chi connectivity index (χ3n) is 5.38. The summed E-state index contributed by atoms with van der Waals surface area (Å²) in [5.74, 6) is 1.04. The summed E-state index contributed by atoms with van der Waals surface area (Å²) in [5.41, 5.74) is 3.26. The molecule has 2 aromatic rings. The van der Waals surface area contributed by atoms with E-state index in [4.69, 9.17) is 9.72 Å². The molecule has 0 bridgehead atoms. The number of anilines is 1. The number of benzene rings is 1. The van der Waals surface area contributed by atoms with E-state index in [1.54, 1.807) is 19.2 Å². The number of ether oxygens (including phenoxy) is 1. The topological polar surface area (TPSA) is 62.3 Å². The van der Waals surface area contributed by atoms with Crippen molar-refractivity contribution in [3.05, 3.63) is 53.2 Å². The summed E-state index contributed by atoms with van der Waals surface area (Å²) in [5, 5.41) is 6.76. The number of piperazine rings is 1. The van der Waals surface area contributed by atoms with Gasteiger partial charge in [-0.05, 0) is 37.6 Å². The summed E-state index contributed by atoms with van der Waals surface area (Å²) < 4.78 is 19.8. The molecule has 1 unspecified atom stereocenters. The van der Waals surface area contributed by atoms with E-state index < -0.39 is 0 Å². The van der Waals surface area contributed by atoms with Crippen LogP contribution < -0.4 is 20.3 Å². The highest BCUT2D eigenvalue weighted by atomic mass is 19.1. The molecule has 28 heavy (non-hydrogen) atoms. The third kappa shape index (κ3) is 3.54. The van der Waals surface area contributed by atoms with Crippen molar-refractivity contribution in [3.8, 4) is 5.75 Å². The normalized spacial score (nSPS) is 22.0. The summed E-state index contributed by atoms with van der Waals surface area (Å²) in [7, 11) is 1.56. The van der Waals surface area contributed by atoms with Crippen LogP contribution in [-0.2, 0) is 0 Å². The molecule has 0 amide bonds. The van der Waals surface area contributed by atoms with Gasteiger partial charge in [0.15, 0.2) is 0 Å². The van der Waals surface area contributed by atoms with Crippen LogP contribution in [0.2, 0.25) is 0 Å². The molecule has 0 radical (unpaired) electrons. The predicted molar refractivity (Wildman–Crippen MR) is 108 cm³/mol. The van der Waals surface area contributed by atoms with Crippen LogP contribution in [0, 0.1) is 12.7 Å². The standard InChI is InChI=1S/C21H26FN5O/c1-13-9-18(26-21(25-13)27-8-7-23-11-14(27)2)17-10-15(12-24-17)20-16(22)5-4-6-19(20)28-3/h4-6,9,12,14,17,23-24H,7-8,10-11H2,1-3H3/t14-,17?/m0/s1. The largest absolute Gasteiger partial charge is 0.496 e. The smallest absolute Gasteiger partial charge is 0.226 e. The van der Waals surface area contributed by atoms with Crippen molar-refractivity contribution < 1.29 is 9.13 Å². The number of aryl methyl sites for hydroxylation is 1. The Balaban J connectivity index is 1.59. The summed E-state index contributed by atoms with van der Waals surface area (Å²) in [6.45, 7) is 6.91. The van der Waals surface area contributed by atoms with Crippen LogP contribution in [0.4, 0.5) is 10.3 Å². The quantitative estimate of drug-likeness (QED) is 0.847. The molecular formula is C21H26FN5O. The number of methoxy groups -OCH3 is 1. The van der Waals surface area contributed by atoms with E-state index in [0.717, 1.165) is 42.5 Å². The highest BCUT2D eigenvalue weighted by Gasteiger charge is 2.27. The molecule has 148 valence electrons. The SMILES string of the molecule is COc1cccc(F)c1C1=CNC(c2cc(C)nc(N3CCNC[C@@H]3C)n2)C1. The lowest BCUT2D eigenvalue weighted by atomic mass is 9.99. The molecule has 0 spiro atoms. The van der Waals surface area contributed by atoms with Gasteiger partial charge in [-0.3, -0.25) is 0 Å². The summed E-state index contributed by atoms with van der Waals surface area (Å²) in [4.78, 5) is 11.8. The number of rotatable bonds is 4. The Morgan fingerprint density at radius 3 is 2.93 bits per heavy atom. The first kappa shape index (κ1) is 18.7. The number of nitrogens with zero attached hydrogens (tertiary/aromatic N) is 3. The summed E-state index contributed by atoms with van der Waals surface area (Å²) in [6.07, 6.45) is 2.51. The number of aromatic nitrogens is 2. The highest BCUT2D eigenvalue weighted by molar-refractivity contribution is 5.73. The minimum absolute atomic E-state index is 0.0158. The van der Waals surface area contributed by atoms with Crippen LogP contribution in [0.15, 0.2) is 30.5 Å². The van der Waals surface area contributed by atoms with Crippen molar-refractivity contribution in [2.45, 2.75) is 32.4 Å². The number of halogens is 1. The van der Waals surface area contributed by atoms with Crippen molar-refractivity contribution in [2.75, 3.05) is 31.6 Å². The van der Waals surface area contributed by atoms with E-state index in [1.807, 2.05) is 19.2 Å².